The summed E-state index contributed by atoms with van der Waals surface area (Å²) in [4.78, 5) is 17.2. The largest absolute Gasteiger partial charge is 0.338 e. The lowest BCUT2D eigenvalue weighted by Gasteiger charge is -2.13. The zero-order valence-electron chi connectivity index (χ0n) is 10.8. The second kappa shape index (κ2) is 6.89. The fourth-order valence-electron chi connectivity index (χ4n) is 1.71. The lowest BCUT2D eigenvalue weighted by Crippen LogP contribution is -2.38. The molecule has 0 saturated heterocycles. The van der Waals surface area contributed by atoms with E-state index in [0.717, 1.165) is 12.1 Å². The fraction of sp³-hybridized carbons (Fsp3) is 0.286. The number of hydrogen-bond donors (Lipinski definition) is 2. The highest BCUT2D eigenvalue weighted by Gasteiger charge is 2.09. The van der Waals surface area contributed by atoms with Crippen molar-refractivity contribution in [2.75, 3.05) is 6.54 Å². The van der Waals surface area contributed by atoms with Gasteiger partial charge in [0.15, 0.2) is 0 Å². The molecule has 0 saturated carbocycles. The zero-order valence-corrected chi connectivity index (χ0v) is 11.6. The third-order valence-corrected chi connectivity index (χ3v) is 3.65. The van der Waals surface area contributed by atoms with Crippen molar-refractivity contribution in [3.8, 4) is 0 Å². The smallest absolute Gasteiger partial charge is 0.315 e. The zero-order chi connectivity index (χ0) is 13.5. The Kier molecular flexibility index (Phi) is 4.92. The third kappa shape index (κ3) is 4.37. The van der Waals surface area contributed by atoms with E-state index in [1.54, 1.807) is 17.5 Å². The minimum atomic E-state index is -0.158. The number of amides is 2. The highest BCUT2D eigenvalue weighted by molar-refractivity contribution is 7.09. The van der Waals surface area contributed by atoms with Gasteiger partial charge in [-0.05, 0) is 36.9 Å². The minimum Gasteiger partial charge on any atom is -0.338 e. The summed E-state index contributed by atoms with van der Waals surface area (Å²) in [6, 6.07) is 9.50. The van der Waals surface area contributed by atoms with Crippen LogP contribution in [0, 0.1) is 0 Å². The molecule has 0 spiro atoms. The molecule has 0 aromatic carbocycles. The fourth-order valence-corrected chi connectivity index (χ4v) is 2.42. The molecule has 0 radical (unpaired) electrons. The second-order valence-electron chi connectivity index (χ2n) is 4.21. The predicted octanol–water partition coefficient (Wildman–Crippen LogP) is 2.75. The van der Waals surface area contributed by atoms with Crippen molar-refractivity contribution in [1.82, 2.24) is 15.6 Å². The van der Waals surface area contributed by atoms with Crippen LogP contribution in [0.5, 0.6) is 0 Å². The first-order valence-corrected chi connectivity index (χ1v) is 7.11. The molecule has 100 valence electrons. The number of urea groups is 1. The molecule has 2 amide bonds. The van der Waals surface area contributed by atoms with Crippen molar-refractivity contribution in [3.63, 3.8) is 0 Å². The SMILES string of the molecule is C[C@H](NC(=O)NCCc1cccs1)c1ccccn1. The quantitative estimate of drug-likeness (QED) is 0.881. The van der Waals surface area contributed by atoms with Crippen molar-refractivity contribution < 1.29 is 4.79 Å². The van der Waals surface area contributed by atoms with Gasteiger partial charge in [0.05, 0.1) is 11.7 Å². The molecule has 1 atom stereocenters. The molecule has 19 heavy (non-hydrogen) atoms. The van der Waals surface area contributed by atoms with Crippen molar-refractivity contribution >= 4 is 17.4 Å². The lowest BCUT2D eigenvalue weighted by atomic mass is 10.2. The van der Waals surface area contributed by atoms with E-state index in [9.17, 15) is 4.79 Å². The Labute approximate surface area is 116 Å². The topological polar surface area (TPSA) is 54.0 Å². The summed E-state index contributed by atoms with van der Waals surface area (Å²) < 4.78 is 0. The van der Waals surface area contributed by atoms with Crippen LogP contribution >= 0.6 is 11.3 Å². The molecule has 0 aliphatic carbocycles. The molecule has 2 aromatic rings. The number of nitrogens with zero attached hydrogens (tertiary/aromatic N) is 1. The summed E-state index contributed by atoms with van der Waals surface area (Å²) in [6.45, 7) is 2.56. The molecule has 2 rings (SSSR count). The van der Waals surface area contributed by atoms with Crippen LogP contribution in [0.15, 0.2) is 41.9 Å². The Balaban J connectivity index is 1.72. The molecule has 4 nitrogen and oxygen atoms in total. The monoisotopic (exact) mass is 275 g/mol. The maximum absolute atomic E-state index is 11.7. The van der Waals surface area contributed by atoms with E-state index in [1.165, 1.54) is 4.88 Å². The number of hydrogen-bond acceptors (Lipinski definition) is 3. The summed E-state index contributed by atoms with van der Waals surface area (Å²) in [6.07, 6.45) is 2.59. The van der Waals surface area contributed by atoms with E-state index in [0.29, 0.717) is 6.54 Å². The highest BCUT2D eigenvalue weighted by Crippen LogP contribution is 2.09. The van der Waals surface area contributed by atoms with Crippen LogP contribution in [0.25, 0.3) is 0 Å². The summed E-state index contributed by atoms with van der Waals surface area (Å²) in [5, 5.41) is 7.76. The number of carbonyl (C=O) groups excluding carboxylic acids is 1. The van der Waals surface area contributed by atoms with E-state index in [1.807, 2.05) is 36.6 Å². The van der Waals surface area contributed by atoms with Crippen LogP contribution in [0.4, 0.5) is 4.79 Å². The van der Waals surface area contributed by atoms with Crippen LogP contribution < -0.4 is 10.6 Å². The van der Waals surface area contributed by atoms with Gasteiger partial charge in [-0.1, -0.05) is 12.1 Å². The second-order valence-corrected chi connectivity index (χ2v) is 5.24. The van der Waals surface area contributed by atoms with Crippen molar-refractivity contribution in [2.24, 2.45) is 0 Å². The normalized spacial score (nSPS) is 11.8. The molecule has 2 aromatic heterocycles. The van der Waals surface area contributed by atoms with Gasteiger partial charge in [0.2, 0.25) is 0 Å². The highest BCUT2D eigenvalue weighted by atomic mass is 32.1. The van der Waals surface area contributed by atoms with Gasteiger partial charge >= 0.3 is 6.03 Å². The average molecular weight is 275 g/mol. The van der Waals surface area contributed by atoms with Gasteiger partial charge in [0.25, 0.3) is 0 Å². The van der Waals surface area contributed by atoms with Crippen LogP contribution in [-0.4, -0.2) is 17.6 Å². The molecule has 2 N–H and O–H groups in total. The van der Waals surface area contributed by atoms with E-state index < -0.39 is 0 Å². The summed E-state index contributed by atoms with van der Waals surface area (Å²) in [5.41, 5.74) is 0.857. The summed E-state index contributed by atoms with van der Waals surface area (Å²) in [5.74, 6) is 0. The van der Waals surface area contributed by atoms with E-state index in [2.05, 4.69) is 21.7 Å². The Morgan fingerprint density at radius 2 is 2.26 bits per heavy atom. The maximum atomic E-state index is 11.7. The van der Waals surface area contributed by atoms with Crippen molar-refractivity contribution in [2.45, 2.75) is 19.4 Å². The first-order chi connectivity index (χ1) is 9.25. The van der Waals surface area contributed by atoms with Gasteiger partial charge in [-0.15, -0.1) is 11.3 Å². The Morgan fingerprint density at radius 1 is 1.37 bits per heavy atom. The van der Waals surface area contributed by atoms with Crippen molar-refractivity contribution in [3.05, 3.63) is 52.5 Å². The lowest BCUT2D eigenvalue weighted by molar-refractivity contribution is 0.238. The average Bonchev–Trinajstić information content (AvgIpc) is 2.93. The van der Waals surface area contributed by atoms with Crippen LogP contribution in [0.2, 0.25) is 0 Å². The molecule has 0 bridgehead atoms. The standard InChI is InChI=1S/C14H17N3OS/c1-11(13-6-2-3-8-15-13)17-14(18)16-9-7-12-5-4-10-19-12/h2-6,8,10-11H,7,9H2,1H3,(H2,16,17,18)/t11-/m0/s1. The van der Waals surface area contributed by atoms with Gasteiger partial charge < -0.3 is 10.6 Å². The van der Waals surface area contributed by atoms with E-state index in [4.69, 9.17) is 0 Å². The number of pyridine rings is 1. The predicted molar refractivity (Wildman–Crippen MR) is 77.2 cm³/mol. The maximum Gasteiger partial charge on any atom is 0.315 e. The van der Waals surface area contributed by atoms with Gasteiger partial charge in [0.1, 0.15) is 0 Å². The first-order valence-electron chi connectivity index (χ1n) is 6.23. The van der Waals surface area contributed by atoms with E-state index >= 15 is 0 Å². The van der Waals surface area contributed by atoms with Gasteiger partial charge in [-0.2, -0.15) is 0 Å². The van der Waals surface area contributed by atoms with Crippen LogP contribution in [-0.2, 0) is 6.42 Å². The van der Waals surface area contributed by atoms with Crippen molar-refractivity contribution in [1.29, 1.82) is 0 Å². The number of nitrogens with one attached hydrogen (secondary N) is 2. The number of thiophene rings is 1. The molecule has 5 heteroatoms. The van der Waals surface area contributed by atoms with Crippen LogP contribution in [0.3, 0.4) is 0 Å². The summed E-state index contributed by atoms with van der Waals surface area (Å²) >= 11 is 1.70. The molecule has 2 heterocycles. The minimum absolute atomic E-state index is 0.0945. The molecule has 0 unspecified atom stereocenters. The van der Waals surface area contributed by atoms with E-state index in [-0.39, 0.29) is 12.1 Å². The summed E-state index contributed by atoms with van der Waals surface area (Å²) in [7, 11) is 0. The molecule has 0 aliphatic heterocycles. The first kappa shape index (κ1) is 13.5. The molecular weight excluding hydrogens is 258 g/mol. The Bertz CT molecular complexity index is 499. The molecule has 0 aliphatic rings. The molecule has 0 fully saturated rings. The number of rotatable bonds is 5. The van der Waals surface area contributed by atoms with Gasteiger partial charge in [-0.3, -0.25) is 4.98 Å². The molecular formula is C14H17N3OS. The van der Waals surface area contributed by atoms with Gasteiger partial charge in [-0.25, -0.2) is 4.79 Å². The number of aromatic nitrogens is 1. The number of carbonyl (C=O) groups is 1. The Morgan fingerprint density at radius 3 is 2.95 bits per heavy atom. The Hall–Kier alpha value is -1.88. The third-order valence-electron chi connectivity index (χ3n) is 2.72. The van der Waals surface area contributed by atoms with Gasteiger partial charge in [0, 0.05) is 17.6 Å². The van der Waals surface area contributed by atoms with Crippen LogP contribution in [0.1, 0.15) is 23.5 Å².